The number of halogens is 1. The van der Waals surface area contributed by atoms with Gasteiger partial charge in [-0.2, -0.15) is 0 Å². The maximum atomic E-state index is 12.1. The number of piperidine rings is 1. The number of nitrogens with one attached hydrogen (secondary N) is 1. The Kier molecular flexibility index (Phi) is 4.85. The van der Waals surface area contributed by atoms with Gasteiger partial charge in [-0.15, -0.1) is 10.2 Å². The van der Waals surface area contributed by atoms with Crippen molar-refractivity contribution in [2.45, 2.75) is 38.3 Å². The Labute approximate surface area is 155 Å². The molecule has 1 saturated heterocycles. The zero-order valence-electron chi connectivity index (χ0n) is 13.9. The van der Waals surface area contributed by atoms with E-state index in [0.29, 0.717) is 24.4 Å². The SMILES string of the molecule is O=C(NC1CC1)C1CCN(Cc2nnc(-c3cccc(Br)c3)o2)CC1. The minimum absolute atomic E-state index is 0.150. The van der Waals surface area contributed by atoms with Crippen LogP contribution in [0.25, 0.3) is 11.5 Å². The summed E-state index contributed by atoms with van der Waals surface area (Å²) >= 11 is 3.45. The van der Waals surface area contributed by atoms with Crippen LogP contribution in [0.4, 0.5) is 0 Å². The van der Waals surface area contributed by atoms with E-state index in [9.17, 15) is 4.79 Å². The van der Waals surface area contributed by atoms with E-state index in [1.165, 1.54) is 0 Å². The Bertz CT molecular complexity index is 751. The van der Waals surface area contributed by atoms with Crippen molar-refractivity contribution >= 4 is 21.8 Å². The van der Waals surface area contributed by atoms with E-state index in [1.54, 1.807) is 0 Å². The number of likely N-dealkylation sites (tertiary alicyclic amines) is 1. The molecule has 132 valence electrons. The molecule has 0 radical (unpaired) electrons. The monoisotopic (exact) mass is 404 g/mol. The number of rotatable bonds is 5. The second-order valence-electron chi connectivity index (χ2n) is 6.84. The fourth-order valence-corrected chi connectivity index (χ4v) is 3.55. The van der Waals surface area contributed by atoms with Gasteiger partial charge in [0.15, 0.2) is 0 Å². The van der Waals surface area contributed by atoms with Crippen LogP contribution >= 0.6 is 15.9 Å². The molecule has 1 aromatic heterocycles. The van der Waals surface area contributed by atoms with Crippen molar-refractivity contribution < 1.29 is 9.21 Å². The van der Waals surface area contributed by atoms with Crippen molar-refractivity contribution in [2.75, 3.05) is 13.1 Å². The summed E-state index contributed by atoms with van der Waals surface area (Å²) in [6, 6.07) is 8.26. The van der Waals surface area contributed by atoms with Gasteiger partial charge in [0.2, 0.25) is 17.7 Å². The average Bonchev–Trinajstić information content (AvgIpc) is 3.30. The zero-order valence-corrected chi connectivity index (χ0v) is 15.5. The fourth-order valence-electron chi connectivity index (χ4n) is 3.15. The van der Waals surface area contributed by atoms with E-state index in [-0.39, 0.29) is 11.8 Å². The van der Waals surface area contributed by atoms with Crippen molar-refractivity contribution in [3.8, 4) is 11.5 Å². The Balaban J connectivity index is 1.31. The van der Waals surface area contributed by atoms with Crippen LogP contribution in [0.2, 0.25) is 0 Å². The van der Waals surface area contributed by atoms with Gasteiger partial charge < -0.3 is 9.73 Å². The fraction of sp³-hybridized carbons (Fsp3) is 0.500. The van der Waals surface area contributed by atoms with Crippen LogP contribution in [0, 0.1) is 5.92 Å². The summed E-state index contributed by atoms with van der Waals surface area (Å²) in [5.41, 5.74) is 0.906. The van der Waals surface area contributed by atoms with Gasteiger partial charge in [-0.05, 0) is 57.0 Å². The molecule has 1 aromatic carbocycles. The van der Waals surface area contributed by atoms with E-state index >= 15 is 0 Å². The second kappa shape index (κ2) is 7.25. The first-order valence-corrected chi connectivity index (χ1v) is 9.58. The van der Waals surface area contributed by atoms with Crippen LogP contribution in [-0.2, 0) is 11.3 Å². The normalized spacial score (nSPS) is 19.1. The quantitative estimate of drug-likeness (QED) is 0.828. The molecule has 0 spiro atoms. The maximum Gasteiger partial charge on any atom is 0.247 e. The molecule has 4 rings (SSSR count). The lowest BCUT2D eigenvalue weighted by molar-refractivity contribution is -0.126. The molecule has 2 aromatic rings. The van der Waals surface area contributed by atoms with Gasteiger partial charge in [-0.3, -0.25) is 9.69 Å². The van der Waals surface area contributed by atoms with Gasteiger partial charge in [0, 0.05) is 22.0 Å². The van der Waals surface area contributed by atoms with E-state index in [4.69, 9.17) is 4.42 Å². The first kappa shape index (κ1) is 16.7. The van der Waals surface area contributed by atoms with Crippen molar-refractivity contribution in [1.82, 2.24) is 20.4 Å². The number of carbonyl (C=O) groups is 1. The molecule has 1 aliphatic carbocycles. The summed E-state index contributed by atoms with van der Waals surface area (Å²) in [7, 11) is 0. The van der Waals surface area contributed by atoms with E-state index in [0.717, 1.165) is 48.8 Å². The van der Waals surface area contributed by atoms with Gasteiger partial charge in [0.1, 0.15) is 0 Å². The second-order valence-corrected chi connectivity index (χ2v) is 7.76. The molecule has 1 aliphatic heterocycles. The van der Waals surface area contributed by atoms with Crippen LogP contribution in [0.1, 0.15) is 31.6 Å². The number of carbonyl (C=O) groups excluding carboxylic acids is 1. The molecular formula is C18H21BrN4O2. The third-order valence-electron chi connectivity index (χ3n) is 4.78. The maximum absolute atomic E-state index is 12.1. The predicted octanol–water partition coefficient (Wildman–Crippen LogP) is 2.99. The number of hydrogen-bond donors (Lipinski definition) is 1. The molecule has 0 bridgehead atoms. The topological polar surface area (TPSA) is 71.3 Å². The van der Waals surface area contributed by atoms with Crippen LogP contribution in [-0.4, -0.2) is 40.1 Å². The van der Waals surface area contributed by atoms with Crippen molar-refractivity contribution in [1.29, 1.82) is 0 Å². The Hall–Kier alpha value is -1.73. The molecule has 2 heterocycles. The smallest absolute Gasteiger partial charge is 0.247 e. The van der Waals surface area contributed by atoms with Crippen LogP contribution in [0.5, 0.6) is 0 Å². The molecule has 1 saturated carbocycles. The number of benzene rings is 1. The van der Waals surface area contributed by atoms with Crippen molar-refractivity contribution in [2.24, 2.45) is 5.92 Å². The summed E-state index contributed by atoms with van der Waals surface area (Å²) in [6.07, 6.45) is 4.07. The molecule has 2 aliphatic rings. The van der Waals surface area contributed by atoms with Gasteiger partial charge >= 0.3 is 0 Å². The predicted molar refractivity (Wildman–Crippen MR) is 96.6 cm³/mol. The summed E-state index contributed by atoms with van der Waals surface area (Å²) in [6.45, 7) is 2.41. The molecule has 7 heteroatoms. The highest BCUT2D eigenvalue weighted by Gasteiger charge is 2.30. The van der Waals surface area contributed by atoms with Crippen molar-refractivity contribution in [3.05, 3.63) is 34.6 Å². The minimum Gasteiger partial charge on any atom is -0.419 e. The van der Waals surface area contributed by atoms with Crippen LogP contribution in [0.15, 0.2) is 33.2 Å². The number of hydrogen-bond acceptors (Lipinski definition) is 5. The van der Waals surface area contributed by atoms with E-state index in [2.05, 4.69) is 36.3 Å². The first-order valence-electron chi connectivity index (χ1n) is 8.78. The summed E-state index contributed by atoms with van der Waals surface area (Å²) in [5, 5.41) is 11.4. The minimum atomic E-state index is 0.150. The summed E-state index contributed by atoms with van der Waals surface area (Å²) in [4.78, 5) is 14.4. The zero-order chi connectivity index (χ0) is 17.2. The third kappa shape index (κ3) is 4.27. The highest BCUT2D eigenvalue weighted by Crippen LogP contribution is 2.25. The Morgan fingerprint density at radius 2 is 2.04 bits per heavy atom. The van der Waals surface area contributed by atoms with Crippen LogP contribution in [0.3, 0.4) is 0 Å². The molecule has 0 atom stereocenters. The van der Waals surface area contributed by atoms with E-state index < -0.39 is 0 Å². The summed E-state index contributed by atoms with van der Waals surface area (Å²) in [5.74, 6) is 1.54. The summed E-state index contributed by atoms with van der Waals surface area (Å²) < 4.78 is 6.78. The highest BCUT2D eigenvalue weighted by atomic mass is 79.9. The molecule has 1 amide bonds. The average molecular weight is 405 g/mol. The number of aromatic nitrogens is 2. The molecule has 25 heavy (non-hydrogen) atoms. The van der Waals surface area contributed by atoms with Crippen LogP contribution < -0.4 is 5.32 Å². The molecule has 1 N–H and O–H groups in total. The molecule has 2 fully saturated rings. The molecule has 0 unspecified atom stereocenters. The number of amides is 1. The molecular weight excluding hydrogens is 384 g/mol. The van der Waals surface area contributed by atoms with Gasteiger partial charge in [0.25, 0.3) is 0 Å². The highest BCUT2D eigenvalue weighted by molar-refractivity contribution is 9.10. The first-order chi connectivity index (χ1) is 12.2. The molecule has 6 nitrogen and oxygen atoms in total. The van der Waals surface area contributed by atoms with E-state index in [1.807, 2.05) is 24.3 Å². The van der Waals surface area contributed by atoms with Gasteiger partial charge in [0.05, 0.1) is 6.54 Å². The van der Waals surface area contributed by atoms with Gasteiger partial charge in [-0.1, -0.05) is 22.0 Å². The number of nitrogens with zero attached hydrogens (tertiary/aromatic N) is 3. The standard InChI is InChI=1S/C18H21BrN4O2/c19-14-3-1-2-13(10-14)18-22-21-16(25-18)11-23-8-6-12(7-9-23)17(24)20-15-4-5-15/h1-3,10,12,15H,4-9,11H2,(H,20,24). The van der Waals surface area contributed by atoms with Crippen molar-refractivity contribution in [3.63, 3.8) is 0 Å². The lowest BCUT2D eigenvalue weighted by atomic mass is 9.96. The third-order valence-corrected chi connectivity index (χ3v) is 5.27. The van der Waals surface area contributed by atoms with Gasteiger partial charge in [-0.25, -0.2) is 0 Å². The lowest BCUT2D eigenvalue weighted by Crippen LogP contribution is -2.40. The Morgan fingerprint density at radius 3 is 2.76 bits per heavy atom. The lowest BCUT2D eigenvalue weighted by Gasteiger charge is -2.30. The largest absolute Gasteiger partial charge is 0.419 e. The Morgan fingerprint density at radius 1 is 1.24 bits per heavy atom.